The van der Waals surface area contributed by atoms with Crippen LogP contribution in [0.2, 0.25) is 0 Å². The Morgan fingerprint density at radius 2 is 2.15 bits per heavy atom. The van der Waals surface area contributed by atoms with Crippen LogP contribution in [0.4, 0.5) is 5.69 Å². The number of hydrogen-bond acceptors (Lipinski definition) is 2. The van der Waals surface area contributed by atoms with Crippen molar-refractivity contribution in [1.29, 1.82) is 0 Å². The van der Waals surface area contributed by atoms with Gasteiger partial charge in [-0.3, -0.25) is 4.99 Å². The standard InChI is InChI=1S/C9H13N3O/c1-11-9(10)12-7-5-3-4-6-8(7)13-2/h3-6H,1-2H3,(H3,10,11,12). The molecule has 0 aliphatic rings. The Balaban J connectivity index is 2.87. The lowest BCUT2D eigenvalue weighted by molar-refractivity contribution is 0.417. The number of rotatable bonds is 2. The van der Waals surface area contributed by atoms with E-state index in [4.69, 9.17) is 10.5 Å². The number of benzene rings is 1. The molecular weight excluding hydrogens is 166 g/mol. The summed E-state index contributed by atoms with van der Waals surface area (Å²) in [7, 11) is 3.23. The van der Waals surface area contributed by atoms with Gasteiger partial charge in [0.2, 0.25) is 0 Å². The van der Waals surface area contributed by atoms with E-state index in [0.29, 0.717) is 5.96 Å². The van der Waals surface area contributed by atoms with Gasteiger partial charge in [0.25, 0.3) is 0 Å². The van der Waals surface area contributed by atoms with Gasteiger partial charge in [0, 0.05) is 7.05 Å². The van der Waals surface area contributed by atoms with Gasteiger partial charge in [0.05, 0.1) is 12.8 Å². The van der Waals surface area contributed by atoms with Crippen LogP contribution in [0.1, 0.15) is 0 Å². The molecule has 1 aromatic rings. The summed E-state index contributed by atoms with van der Waals surface area (Å²) >= 11 is 0. The summed E-state index contributed by atoms with van der Waals surface area (Å²) in [6, 6.07) is 7.51. The van der Waals surface area contributed by atoms with Gasteiger partial charge in [0.1, 0.15) is 5.75 Å². The fraction of sp³-hybridized carbons (Fsp3) is 0.222. The van der Waals surface area contributed by atoms with E-state index in [-0.39, 0.29) is 0 Å². The summed E-state index contributed by atoms with van der Waals surface area (Å²) in [4.78, 5) is 3.79. The Hall–Kier alpha value is -1.71. The van der Waals surface area contributed by atoms with Crippen molar-refractivity contribution in [2.45, 2.75) is 0 Å². The van der Waals surface area contributed by atoms with E-state index in [2.05, 4.69) is 10.3 Å². The number of hydrogen-bond donors (Lipinski definition) is 2. The van der Waals surface area contributed by atoms with Crippen molar-refractivity contribution in [2.24, 2.45) is 10.7 Å². The minimum Gasteiger partial charge on any atom is -0.495 e. The maximum atomic E-state index is 5.51. The predicted octanol–water partition coefficient (Wildman–Crippen LogP) is 1.05. The van der Waals surface area contributed by atoms with Crippen LogP contribution < -0.4 is 15.8 Å². The van der Waals surface area contributed by atoms with E-state index in [1.54, 1.807) is 14.2 Å². The molecule has 0 spiro atoms. The molecule has 3 N–H and O–H groups in total. The number of nitrogens with zero attached hydrogens (tertiary/aromatic N) is 1. The summed E-state index contributed by atoms with van der Waals surface area (Å²) in [6.07, 6.45) is 0. The zero-order valence-electron chi connectivity index (χ0n) is 7.74. The third-order valence-electron chi connectivity index (χ3n) is 1.61. The van der Waals surface area contributed by atoms with E-state index < -0.39 is 0 Å². The van der Waals surface area contributed by atoms with Gasteiger partial charge in [-0.05, 0) is 12.1 Å². The van der Waals surface area contributed by atoms with Crippen molar-refractivity contribution in [3.63, 3.8) is 0 Å². The fourth-order valence-corrected chi connectivity index (χ4v) is 0.942. The minimum atomic E-state index is 0.365. The Bertz CT molecular complexity index is 309. The zero-order valence-corrected chi connectivity index (χ0v) is 7.74. The summed E-state index contributed by atoms with van der Waals surface area (Å²) in [5, 5.41) is 2.91. The maximum absolute atomic E-state index is 5.51. The van der Waals surface area contributed by atoms with Gasteiger partial charge in [-0.15, -0.1) is 0 Å². The summed E-state index contributed by atoms with van der Waals surface area (Å²) in [6.45, 7) is 0. The molecule has 0 saturated heterocycles. The van der Waals surface area contributed by atoms with Crippen molar-refractivity contribution in [1.82, 2.24) is 0 Å². The molecule has 0 saturated carbocycles. The molecule has 70 valence electrons. The van der Waals surface area contributed by atoms with Gasteiger partial charge < -0.3 is 15.8 Å². The molecule has 1 aromatic carbocycles. The Kier molecular flexibility index (Phi) is 3.14. The normalized spacial score (nSPS) is 11.1. The van der Waals surface area contributed by atoms with Gasteiger partial charge >= 0.3 is 0 Å². The number of nitrogens with one attached hydrogen (secondary N) is 1. The highest BCUT2D eigenvalue weighted by atomic mass is 16.5. The zero-order chi connectivity index (χ0) is 9.68. The fourth-order valence-electron chi connectivity index (χ4n) is 0.942. The number of aliphatic imine (C=N–C) groups is 1. The molecule has 1 rings (SSSR count). The number of methoxy groups -OCH3 is 1. The predicted molar refractivity (Wildman–Crippen MR) is 54.2 cm³/mol. The summed E-state index contributed by atoms with van der Waals surface area (Å²) in [5.41, 5.74) is 6.32. The lowest BCUT2D eigenvalue weighted by Gasteiger charge is -2.09. The Morgan fingerprint density at radius 3 is 2.77 bits per heavy atom. The van der Waals surface area contributed by atoms with E-state index in [9.17, 15) is 0 Å². The lowest BCUT2D eigenvalue weighted by Crippen LogP contribution is -2.22. The van der Waals surface area contributed by atoms with Crippen molar-refractivity contribution in [3.8, 4) is 5.75 Å². The summed E-state index contributed by atoms with van der Waals surface area (Å²) in [5.74, 6) is 1.11. The Labute approximate surface area is 77.4 Å². The highest BCUT2D eigenvalue weighted by Gasteiger charge is 2.00. The SMILES string of the molecule is CN=C(N)Nc1ccccc1OC. The second-order valence-corrected chi connectivity index (χ2v) is 2.43. The van der Waals surface area contributed by atoms with Crippen molar-refractivity contribution in [3.05, 3.63) is 24.3 Å². The van der Waals surface area contributed by atoms with Crippen LogP contribution in [0.25, 0.3) is 0 Å². The van der Waals surface area contributed by atoms with Gasteiger partial charge in [-0.2, -0.15) is 0 Å². The van der Waals surface area contributed by atoms with Gasteiger partial charge in [0.15, 0.2) is 5.96 Å². The lowest BCUT2D eigenvalue weighted by atomic mass is 10.3. The first-order valence-corrected chi connectivity index (χ1v) is 3.90. The van der Waals surface area contributed by atoms with Crippen LogP contribution in [-0.2, 0) is 0 Å². The number of para-hydroxylation sites is 2. The first-order valence-electron chi connectivity index (χ1n) is 3.90. The molecule has 13 heavy (non-hydrogen) atoms. The molecule has 0 unspecified atom stereocenters. The van der Waals surface area contributed by atoms with Crippen molar-refractivity contribution >= 4 is 11.6 Å². The molecule has 0 aliphatic carbocycles. The first kappa shape index (κ1) is 9.38. The van der Waals surface area contributed by atoms with E-state index in [1.807, 2.05) is 24.3 Å². The highest BCUT2D eigenvalue weighted by molar-refractivity contribution is 5.93. The molecule has 0 heterocycles. The maximum Gasteiger partial charge on any atom is 0.192 e. The highest BCUT2D eigenvalue weighted by Crippen LogP contribution is 2.22. The number of anilines is 1. The van der Waals surface area contributed by atoms with E-state index >= 15 is 0 Å². The van der Waals surface area contributed by atoms with Crippen molar-refractivity contribution in [2.75, 3.05) is 19.5 Å². The molecule has 0 amide bonds. The molecule has 0 atom stereocenters. The van der Waals surface area contributed by atoms with Gasteiger partial charge in [-0.1, -0.05) is 12.1 Å². The molecule has 0 aromatic heterocycles. The van der Waals surface area contributed by atoms with E-state index in [0.717, 1.165) is 11.4 Å². The third-order valence-corrected chi connectivity index (χ3v) is 1.61. The van der Waals surface area contributed by atoms with Crippen LogP contribution in [0, 0.1) is 0 Å². The molecule has 4 nitrogen and oxygen atoms in total. The van der Waals surface area contributed by atoms with Gasteiger partial charge in [-0.25, -0.2) is 0 Å². The molecule has 0 bridgehead atoms. The Morgan fingerprint density at radius 1 is 1.46 bits per heavy atom. The average molecular weight is 179 g/mol. The molecule has 0 aliphatic heterocycles. The van der Waals surface area contributed by atoms with Crippen LogP contribution >= 0.6 is 0 Å². The smallest absolute Gasteiger partial charge is 0.192 e. The second kappa shape index (κ2) is 4.35. The van der Waals surface area contributed by atoms with E-state index in [1.165, 1.54) is 0 Å². The quantitative estimate of drug-likeness (QED) is 0.527. The third kappa shape index (κ3) is 2.37. The molecule has 0 radical (unpaired) electrons. The minimum absolute atomic E-state index is 0.365. The first-order chi connectivity index (χ1) is 6.27. The number of ether oxygens (including phenoxy) is 1. The monoisotopic (exact) mass is 179 g/mol. The van der Waals surface area contributed by atoms with Crippen molar-refractivity contribution < 1.29 is 4.74 Å². The molecule has 0 fully saturated rings. The molecule has 4 heteroatoms. The topological polar surface area (TPSA) is 59.6 Å². The molecular formula is C9H13N3O. The second-order valence-electron chi connectivity index (χ2n) is 2.43. The van der Waals surface area contributed by atoms with Crippen LogP contribution in [-0.4, -0.2) is 20.1 Å². The number of nitrogens with two attached hydrogens (primary N) is 1. The average Bonchev–Trinajstić information content (AvgIpc) is 2.18. The number of guanidine groups is 1. The van der Waals surface area contributed by atoms with Crippen LogP contribution in [0.3, 0.4) is 0 Å². The summed E-state index contributed by atoms with van der Waals surface area (Å²) < 4.78 is 5.12. The largest absolute Gasteiger partial charge is 0.495 e. The van der Waals surface area contributed by atoms with Crippen LogP contribution in [0.15, 0.2) is 29.3 Å². The van der Waals surface area contributed by atoms with Crippen LogP contribution in [0.5, 0.6) is 5.75 Å².